The van der Waals surface area contributed by atoms with E-state index in [1.165, 1.54) is 26.4 Å². The van der Waals surface area contributed by atoms with Crippen molar-refractivity contribution in [1.82, 2.24) is 5.32 Å². The molecule has 0 unspecified atom stereocenters. The lowest BCUT2D eigenvalue weighted by atomic mass is 10.1. The van der Waals surface area contributed by atoms with Gasteiger partial charge in [0.15, 0.2) is 6.61 Å². The summed E-state index contributed by atoms with van der Waals surface area (Å²) in [5.41, 5.74) is 6.85. The fraction of sp³-hybridized carbons (Fsp3) is 0.211. The summed E-state index contributed by atoms with van der Waals surface area (Å²) in [5.74, 6) is -0.304. The Kier molecular flexibility index (Phi) is 9.24. The zero-order valence-corrected chi connectivity index (χ0v) is 17.4. The number of amides is 1. The highest BCUT2D eigenvalue weighted by Gasteiger charge is 2.13. The van der Waals surface area contributed by atoms with Gasteiger partial charge in [-0.25, -0.2) is 4.79 Å². The number of esters is 1. The van der Waals surface area contributed by atoms with Crippen LogP contribution in [0.15, 0.2) is 36.4 Å². The number of amidine groups is 1. The van der Waals surface area contributed by atoms with Crippen molar-refractivity contribution in [1.29, 1.82) is 5.41 Å². The van der Waals surface area contributed by atoms with E-state index in [-0.39, 0.29) is 37.3 Å². The zero-order valence-electron chi connectivity index (χ0n) is 15.8. The van der Waals surface area contributed by atoms with Crippen LogP contribution in [0.25, 0.3) is 0 Å². The predicted octanol–water partition coefficient (Wildman–Crippen LogP) is 2.54. The number of carbonyl (C=O) groups excluding carboxylic acids is 2. The molecule has 0 aliphatic carbocycles. The molecule has 2 aromatic carbocycles. The average molecular weight is 442 g/mol. The Bertz CT molecular complexity index is 905. The number of nitrogens with one attached hydrogen (secondary N) is 2. The number of hydrogen-bond acceptors (Lipinski definition) is 6. The standard InChI is InChI=1S/C19H20ClN3O5.ClH/c1-26-15-6-13(5-14(20)8-15)19(25)23-9-12-4-3-11(18(21)22)7-16(12)28-10-17(24)27-2;/h3-8H,9-10H2,1-2H3,(H3,21,22)(H,23,25);1H. The molecule has 29 heavy (non-hydrogen) atoms. The minimum absolute atomic E-state index is 0. The van der Waals surface area contributed by atoms with Crippen LogP contribution in [0.2, 0.25) is 5.02 Å². The number of nitrogen functional groups attached to an aromatic ring is 1. The maximum atomic E-state index is 12.4. The summed E-state index contributed by atoms with van der Waals surface area (Å²) in [7, 11) is 2.73. The number of methoxy groups -OCH3 is 2. The second-order valence-corrected chi connectivity index (χ2v) is 6.10. The van der Waals surface area contributed by atoms with Crippen LogP contribution < -0.4 is 20.5 Å². The van der Waals surface area contributed by atoms with Gasteiger partial charge in [0.25, 0.3) is 5.91 Å². The molecular weight excluding hydrogens is 421 g/mol. The third-order valence-electron chi connectivity index (χ3n) is 3.76. The molecule has 0 heterocycles. The van der Waals surface area contributed by atoms with Crippen LogP contribution in [0, 0.1) is 5.41 Å². The summed E-state index contributed by atoms with van der Waals surface area (Å²) < 4.78 is 15.1. The topological polar surface area (TPSA) is 124 Å². The molecule has 0 aliphatic heterocycles. The lowest BCUT2D eigenvalue weighted by Crippen LogP contribution is -2.24. The number of benzene rings is 2. The third kappa shape index (κ3) is 6.85. The first-order valence-electron chi connectivity index (χ1n) is 8.13. The van der Waals surface area contributed by atoms with Gasteiger partial charge in [-0.2, -0.15) is 0 Å². The van der Waals surface area contributed by atoms with Gasteiger partial charge in [-0.1, -0.05) is 23.7 Å². The van der Waals surface area contributed by atoms with E-state index in [0.29, 0.717) is 33.2 Å². The minimum atomic E-state index is -0.561. The molecule has 0 fully saturated rings. The molecule has 0 saturated heterocycles. The smallest absolute Gasteiger partial charge is 0.343 e. The molecule has 1 amide bonds. The first-order chi connectivity index (χ1) is 13.3. The highest BCUT2D eigenvalue weighted by Crippen LogP contribution is 2.23. The van der Waals surface area contributed by atoms with E-state index in [9.17, 15) is 9.59 Å². The van der Waals surface area contributed by atoms with E-state index in [2.05, 4.69) is 10.1 Å². The minimum Gasteiger partial charge on any atom is -0.497 e. The average Bonchev–Trinajstić information content (AvgIpc) is 2.69. The lowest BCUT2D eigenvalue weighted by molar-refractivity contribution is -0.142. The maximum Gasteiger partial charge on any atom is 0.343 e. The van der Waals surface area contributed by atoms with Crippen molar-refractivity contribution >= 4 is 41.7 Å². The van der Waals surface area contributed by atoms with Crippen molar-refractivity contribution in [3.05, 3.63) is 58.1 Å². The first kappa shape index (κ1) is 24.1. The first-order valence-corrected chi connectivity index (χ1v) is 8.51. The summed E-state index contributed by atoms with van der Waals surface area (Å²) >= 11 is 5.99. The van der Waals surface area contributed by atoms with Gasteiger partial charge in [0.1, 0.15) is 17.3 Å². The molecule has 156 valence electrons. The van der Waals surface area contributed by atoms with Crippen LogP contribution in [-0.4, -0.2) is 38.5 Å². The monoisotopic (exact) mass is 441 g/mol. The zero-order chi connectivity index (χ0) is 20.7. The number of hydrogen-bond donors (Lipinski definition) is 3. The van der Waals surface area contributed by atoms with Gasteiger partial charge >= 0.3 is 5.97 Å². The van der Waals surface area contributed by atoms with Gasteiger partial charge in [0.2, 0.25) is 0 Å². The van der Waals surface area contributed by atoms with E-state index >= 15 is 0 Å². The molecule has 0 aromatic heterocycles. The Morgan fingerprint density at radius 3 is 2.48 bits per heavy atom. The van der Waals surface area contributed by atoms with Crippen LogP contribution in [0.3, 0.4) is 0 Å². The summed E-state index contributed by atoms with van der Waals surface area (Å²) in [5, 5.41) is 10.7. The maximum absolute atomic E-state index is 12.4. The molecule has 4 N–H and O–H groups in total. The van der Waals surface area contributed by atoms with Crippen molar-refractivity contribution in [2.24, 2.45) is 5.73 Å². The third-order valence-corrected chi connectivity index (χ3v) is 3.98. The molecule has 0 bridgehead atoms. The second-order valence-electron chi connectivity index (χ2n) is 5.66. The van der Waals surface area contributed by atoms with Crippen molar-refractivity contribution in [2.45, 2.75) is 6.54 Å². The summed E-state index contributed by atoms with van der Waals surface area (Å²) in [6.45, 7) is -0.202. The Hall–Kier alpha value is -2.97. The Morgan fingerprint density at radius 2 is 1.86 bits per heavy atom. The molecule has 0 radical (unpaired) electrons. The number of carbonyl (C=O) groups is 2. The summed E-state index contributed by atoms with van der Waals surface area (Å²) in [6, 6.07) is 9.48. The number of ether oxygens (including phenoxy) is 3. The molecule has 2 aromatic rings. The van der Waals surface area contributed by atoms with Crippen molar-refractivity contribution < 1.29 is 23.8 Å². The van der Waals surface area contributed by atoms with Gasteiger partial charge in [-0.05, 0) is 24.3 Å². The van der Waals surface area contributed by atoms with Crippen LogP contribution in [0.4, 0.5) is 0 Å². The van der Waals surface area contributed by atoms with E-state index < -0.39 is 5.97 Å². The second kappa shape index (κ2) is 11.1. The molecule has 10 heteroatoms. The fourth-order valence-corrected chi connectivity index (χ4v) is 2.51. The van der Waals surface area contributed by atoms with Crippen LogP contribution in [-0.2, 0) is 16.1 Å². The molecule has 0 spiro atoms. The summed E-state index contributed by atoms with van der Waals surface area (Å²) in [4.78, 5) is 23.8. The Morgan fingerprint density at radius 1 is 1.14 bits per heavy atom. The van der Waals surface area contributed by atoms with Gasteiger partial charge in [-0.15, -0.1) is 12.4 Å². The molecular formula is C19H21Cl2N3O5. The molecule has 2 rings (SSSR count). The predicted molar refractivity (Wildman–Crippen MR) is 111 cm³/mol. The SMILES string of the molecule is COC(=O)COc1cc(C(=N)N)ccc1CNC(=O)c1cc(Cl)cc(OC)c1.Cl. The van der Waals surface area contributed by atoms with Gasteiger partial charge in [0.05, 0.1) is 14.2 Å². The molecule has 0 saturated carbocycles. The van der Waals surface area contributed by atoms with Crippen LogP contribution >= 0.6 is 24.0 Å². The largest absolute Gasteiger partial charge is 0.497 e. The van der Waals surface area contributed by atoms with E-state index in [0.717, 1.165) is 0 Å². The van der Waals surface area contributed by atoms with Gasteiger partial charge in [0, 0.05) is 28.3 Å². The van der Waals surface area contributed by atoms with Crippen molar-refractivity contribution in [3.63, 3.8) is 0 Å². The fourth-order valence-electron chi connectivity index (χ4n) is 2.29. The van der Waals surface area contributed by atoms with E-state index in [1.807, 2.05) is 0 Å². The normalized spacial score (nSPS) is 9.76. The van der Waals surface area contributed by atoms with Crippen LogP contribution in [0.5, 0.6) is 11.5 Å². The molecule has 0 atom stereocenters. The number of rotatable bonds is 8. The van der Waals surface area contributed by atoms with Crippen LogP contribution in [0.1, 0.15) is 21.5 Å². The van der Waals surface area contributed by atoms with Gasteiger partial charge in [-0.3, -0.25) is 10.2 Å². The number of halogens is 2. The Balaban J connectivity index is 0.00000420. The lowest BCUT2D eigenvalue weighted by Gasteiger charge is -2.13. The van der Waals surface area contributed by atoms with E-state index in [4.69, 9.17) is 32.2 Å². The highest BCUT2D eigenvalue weighted by molar-refractivity contribution is 6.31. The quantitative estimate of drug-likeness (QED) is 0.328. The Labute approximate surface area is 179 Å². The summed E-state index contributed by atoms with van der Waals surface area (Å²) in [6.07, 6.45) is 0. The number of nitrogens with two attached hydrogens (primary N) is 1. The molecule has 0 aliphatic rings. The highest BCUT2D eigenvalue weighted by atomic mass is 35.5. The van der Waals surface area contributed by atoms with Gasteiger partial charge < -0.3 is 25.3 Å². The van der Waals surface area contributed by atoms with Crippen molar-refractivity contribution in [2.75, 3.05) is 20.8 Å². The molecule has 8 nitrogen and oxygen atoms in total. The van der Waals surface area contributed by atoms with Crippen molar-refractivity contribution in [3.8, 4) is 11.5 Å². The van der Waals surface area contributed by atoms with E-state index in [1.54, 1.807) is 24.3 Å².